The minimum absolute atomic E-state index is 0.372. The molecular weight excluding hydrogens is 156 g/mol. The third kappa shape index (κ3) is 1.47. The fraction of sp³-hybridized carbons (Fsp3) is 0.500. The van der Waals surface area contributed by atoms with Crippen molar-refractivity contribution in [3.05, 3.63) is 17.7 Å². The summed E-state index contributed by atoms with van der Waals surface area (Å²) in [5, 5.41) is 0. The highest BCUT2D eigenvalue weighted by molar-refractivity contribution is 5.86. The fourth-order valence-corrected chi connectivity index (χ4v) is 1.04. The number of esters is 1. The van der Waals surface area contributed by atoms with Crippen molar-refractivity contribution >= 4 is 5.97 Å². The predicted octanol–water partition coefficient (Wildman–Crippen LogP) is 0.769. The predicted molar refractivity (Wildman–Crippen MR) is 43.9 cm³/mol. The van der Waals surface area contributed by atoms with Gasteiger partial charge in [-0.05, 0) is 0 Å². The number of methoxy groups -OCH3 is 1. The Morgan fingerprint density at radius 2 is 2.42 bits per heavy atom. The summed E-state index contributed by atoms with van der Waals surface area (Å²) < 4.78 is 6.36. The van der Waals surface area contributed by atoms with Crippen LogP contribution in [0.3, 0.4) is 0 Å². The van der Waals surface area contributed by atoms with E-state index in [1.54, 1.807) is 6.20 Å². The first-order valence-electron chi connectivity index (χ1n) is 3.79. The zero-order valence-electron chi connectivity index (χ0n) is 7.50. The Morgan fingerprint density at radius 1 is 1.75 bits per heavy atom. The number of carbonyl (C=O) groups excluding carboxylic acids is 1. The van der Waals surface area contributed by atoms with E-state index in [0.29, 0.717) is 5.69 Å². The molecule has 0 aromatic carbocycles. The van der Waals surface area contributed by atoms with Crippen LogP contribution in [0.2, 0.25) is 0 Å². The van der Waals surface area contributed by atoms with E-state index >= 15 is 0 Å². The highest BCUT2D eigenvalue weighted by atomic mass is 16.5. The van der Waals surface area contributed by atoms with Crippen LogP contribution in [-0.2, 0) is 18.2 Å². The Kier molecular flexibility index (Phi) is 2.47. The lowest BCUT2D eigenvalue weighted by Crippen LogP contribution is -2.01. The van der Waals surface area contributed by atoms with E-state index in [2.05, 4.69) is 9.72 Å². The molecule has 4 heteroatoms. The molecular formula is C8H12N2O2. The normalized spacial score (nSPS) is 9.92. The molecule has 0 radical (unpaired) electrons. The average molecular weight is 168 g/mol. The van der Waals surface area contributed by atoms with Gasteiger partial charge in [0.1, 0.15) is 5.82 Å². The Balaban J connectivity index is 2.96. The molecule has 0 fully saturated rings. The zero-order chi connectivity index (χ0) is 9.14. The van der Waals surface area contributed by atoms with Gasteiger partial charge in [-0.3, -0.25) is 0 Å². The van der Waals surface area contributed by atoms with E-state index in [1.807, 2.05) is 18.5 Å². The Hall–Kier alpha value is -1.32. The van der Waals surface area contributed by atoms with E-state index < -0.39 is 0 Å². The summed E-state index contributed by atoms with van der Waals surface area (Å²) in [4.78, 5) is 15.1. The molecule has 0 amide bonds. The first kappa shape index (κ1) is 8.77. The van der Waals surface area contributed by atoms with Gasteiger partial charge in [-0.15, -0.1) is 0 Å². The average Bonchev–Trinajstić information content (AvgIpc) is 2.45. The molecule has 1 aromatic rings. The van der Waals surface area contributed by atoms with Gasteiger partial charge in [-0.2, -0.15) is 0 Å². The zero-order valence-corrected chi connectivity index (χ0v) is 7.50. The Bertz CT molecular complexity index is 291. The summed E-state index contributed by atoms with van der Waals surface area (Å²) in [6.07, 6.45) is 2.48. The van der Waals surface area contributed by atoms with Crippen LogP contribution in [0.15, 0.2) is 6.20 Å². The standard InChI is InChI=1S/C8H12N2O2/c1-4-7-9-6(5-10(7)2)8(11)12-3/h5H,4H2,1-3H3. The quantitative estimate of drug-likeness (QED) is 0.612. The molecule has 1 rings (SSSR count). The lowest BCUT2D eigenvalue weighted by Gasteiger charge is -1.92. The molecule has 66 valence electrons. The molecule has 12 heavy (non-hydrogen) atoms. The SMILES string of the molecule is CCc1nc(C(=O)OC)cn1C. The van der Waals surface area contributed by atoms with Crippen molar-refractivity contribution in [3.8, 4) is 0 Å². The van der Waals surface area contributed by atoms with Crippen LogP contribution in [-0.4, -0.2) is 22.6 Å². The number of hydrogen-bond acceptors (Lipinski definition) is 3. The van der Waals surface area contributed by atoms with Crippen LogP contribution < -0.4 is 0 Å². The molecule has 0 atom stereocenters. The summed E-state index contributed by atoms with van der Waals surface area (Å²) in [5.74, 6) is 0.501. The van der Waals surface area contributed by atoms with Crippen LogP contribution in [0.4, 0.5) is 0 Å². The maximum absolute atomic E-state index is 11.0. The second-order valence-electron chi connectivity index (χ2n) is 2.50. The smallest absolute Gasteiger partial charge is 0.358 e. The summed E-state index contributed by atoms with van der Waals surface area (Å²) in [5.41, 5.74) is 0.372. The first-order valence-corrected chi connectivity index (χ1v) is 3.79. The van der Waals surface area contributed by atoms with E-state index in [0.717, 1.165) is 12.2 Å². The molecule has 0 spiro atoms. The van der Waals surface area contributed by atoms with Crippen molar-refractivity contribution in [2.45, 2.75) is 13.3 Å². The maximum Gasteiger partial charge on any atom is 0.358 e. The summed E-state index contributed by atoms with van der Waals surface area (Å²) in [6, 6.07) is 0. The Labute approximate surface area is 71.2 Å². The summed E-state index contributed by atoms with van der Waals surface area (Å²) in [6.45, 7) is 1.99. The van der Waals surface area contributed by atoms with Crippen molar-refractivity contribution < 1.29 is 9.53 Å². The van der Waals surface area contributed by atoms with E-state index in [-0.39, 0.29) is 5.97 Å². The van der Waals surface area contributed by atoms with Crippen LogP contribution in [0.1, 0.15) is 23.2 Å². The largest absolute Gasteiger partial charge is 0.464 e. The minimum Gasteiger partial charge on any atom is -0.464 e. The van der Waals surface area contributed by atoms with Gasteiger partial charge in [0, 0.05) is 19.7 Å². The third-order valence-electron chi connectivity index (χ3n) is 1.68. The second kappa shape index (κ2) is 3.38. The van der Waals surface area contributed by atoms with Gasteiger partial charge in [0.25, 0.3) is 0 Å². The fourth-order valence-electron chi connectivity index (χ4n) is 1.04. The Morgan fingerprint density at radius 3 is 2.83 bits per heavy atom. The minimum atomic E-state index is -0.384. The molecule has 1 heterocycles. The summed E-state index contributed by atoms with van der Waals surface area (Å²) >= 11 is 0. The number of aromatic nitrogens is 2. The van der Waals surface area contributed by atoms with E-state index in [4.69, 9.17) is 0 Å². The van der Waals surface area contributed by atoms with Crippen molar-refractivity contribution in [1.82, 2.24) is 9.55 Å². The number of carbonyl (C=O) groups is 1. The van der Waals surface area contributed by atoms with Crippen LogP contribution in [0, 0.1) is 0 Å². The first-order chi connectivity index (χ1) is 5.69. The monoisotopic (exact) mass is 168 g/mol. The molecule has 0 saturated heterocycles. The molecule has 0 aliphatic rings. The van der Waals surface area contributed by atoms with Crippen molar-refractivity contribution in [1.29, 1.82) is 0 Å². The lowest BCUT2D eigenvalue weighted by atomic mass is 10.4. The van der Waals surface area contributed by atoms with Crippen molar-refractivity contribution in [2.75, 3.05) is 7.11 Å². The second-order valence-corrected chi connectivity index (χ2v) is 2.50. The van der Waals surface area contributed by atoms with E-state index in [1.165, 1.54) is 7.11 Å². The topological polar surface area (TPSA) is 44.1 Å². The molecule has 0 aliphatic heterocycles. The molecule has 0 saturated carbocycles. The maximum atomic E-state index is 11.0. The highest BCUT2D eigenvalue weighted by Crippen LogP contribution is 2.02. The molecule has 0 unspecified atom stereocenters. The van der Waals surface area contributed by atoms with Gasteiger partial charge in [0.15, 0.2) is 5.69 Å². The summed E-state index contributed by atoms with van der Waals surface area (Å²) in [7, 11) is 3.21. The molecule has 0 bridgehead atoms. The number of hydrogen-bond donors (Lipinski definition) is 0. The number of imidazole rings is 1. The highest BCUT2D eigenvalue weighted by Gasteiger charge is 2.10. The van der Waals surface area contributed by atoms with E-state index in [9.17, 15) is 4.79 Å². The third-order valence-corrected chi connectivity index (χ3v) is 1.68. The molecule has 1 aromatic heterocycles. The number of rotatable bonds is 2. The number of aryl methyl sites for hydroxylation is 2. The number of nitrogens with zero attached hydrogens (tertiary/aromatic N) is 2. The van der Waals surface area contributed by atoms with Crippen LogP contribution in [0.5, 0.6) is 0 Å². The lowest BCUT2D eigenvalue weighted by molar-refractivity contribution is 0.0594. The van der Waals surface area contributed by atoms with Gasteiger partial charge in [0.05, 0.1) is 7.11 Å². The van der Waals surface area contributed by atoms with Gasteiger partial charge in [0.2, 0.25) is 0 Å². The van der Waals surface area contributed by atoms with Crippen LogP contribution >= 0.6 is 0 Å². The molecule has 0 aliphatic carbocycles. The van der Waals surface area contributed by atoms with Gasteiger partial charge < -0.3 is 9.30 Å². The van der Waals surface area contributed by atoms with Crippen molar-refractivity contribution in [2.24, 2.45) is 7.05 Å². The van der Waals surface area contributed by atoms with Crippen LogP contribution in [0.25, 0.3) is 0 Å². The number of ether oxygens (including phenoxy) is 1. The van der Waals surface area contributed by atoms with Gasteiger partial charge >= 0.3 is 5.97 Å². The van der Waals surface area contributed by atoms with Crippen molar-refractivity contribution in [3.63, 3.8) is 0 Å². The molecule has 0 N–H and O–H groups in total. The van der Waals surface area contributed by atoms with Gasteiger partial charge in [-0.25, -0.2) is 9.78 Å². The molecule has 4 nitrogen and oxygen atoms in total. The van der Waals surface area contributed by atoms with Gasteiger partial charge in [-0.1, -0.05) is 6.92 Å².